The molecule has 0 aromatic carbocycles. The van der Waals surface area contributed by atoms with Gasteiger partial charge in [-0.3, -0.25) is 4.79 Å². The number of rotatable bonds is 5. The van der Waals surface area contributed by atoms with Gasteiger partial charge in [-0.2, -0.15) is 0 Å². The van der Waals surface area contributed by atoms with Gasteiger partial charge in [0.15, 0.2) is 0 Å². The molecule has 0 spiro atoms. The second kappa shape index (κ2) is 6.36. The van der Waals surface area contributed by atoms with Crippen LogP contribution in [0.4, 0.5) is 0 Å². The largest absolute Gasteiger partial charge is 0.348 e. The first-order valence-electron chi connectivity index (χ1n) is 6.73. The van der Waals surface area contributed by atoms with Crippen molar-refractivity contribution in [1.82, 2.24) is 14.9 Å². The molecule has 0 saturated carbocycles. The van der Waals surface area contributed by atoms with Crippen molar-refractivity contribution < 1.29 is 13.2 Å². The molecule has 1 unspecified atom stereocenters. The Labute approximate surface area is 118 Å². The standard InChI is InChI=1S/C12H20N4O3S/c13-20(18,19)8-2-4-11(17)16-7-1-3-10(9-16)12-14-5-6-15-12/h5-6,10H,1-4,7-9H2,(H,14,15)(H2,13,18,19). The quantitative estimate of drug-likeness (QED) is 0.808. The summed E-state index contributed by atoms with van der Waals surface area (Å²) in [5.74, 6) is 0.992. The fourth-order valence-electron chi connectivity index (χ4n) is 2.51. The minimum Gasteiger partial charge on any atom is -0.348 e. The Balaban J connectivity index is 1.84. The molecule has 1 aromatic rings. The van der Waals surface area contributed by atoms with Crippen LogP contribution in [0.15, 0.2) is 12.4 Å². The summed E-state index contributed by atoms with van der Waals surface area (Å²) in [7, 11) is -3.48. The highest BCUT2D eigenvalue weighted by Crippen LogP contribution is 2.24. The molecule has 3 N–H and O–H groups in total. The van der Waals surface area contributed by atoms with E-state index in [2.05, 4.69) is 9.97 Å². The Hall–Kier alpha value is -1.41. The topological polar surface area (TPSA) is 109 Å². The molecule has 20 heavy (non-hydrogen) atoms. The van der Waals surface area contributed by atoms with Gasteiger partial charge in [-0.25, -0.2) is 18.5 Å². The summed E-state index contributed by atoms with van der Waals surface area (Å²) in [5.41, 5.74) is 0. The Bertz CT molecular complexity index is 541. The van der Waals surface area contributed by atoms with Gasteiger partial charge in [0.05, 0.1) is 5.75 Å². The molecular formula is C12H20N4O3S. The van der Waals surface area contributed by atoms with Crippen LogP contribution in [-0.2, 0) is 14.8 Å². The van der Waals surface area contributed by atoms with Crippen LogP contribution in [0, 0.1) is 0 Å². The van der Waals surface area contributed by atoms with Crippen molar-refractivity contribution in [2.75, 3.05) is 18.8 Å². The van der Waals surface area contributed by atoms with E-state index in [0.29, 0.717) is 6.54 Å². The number of hydrogen-bond acceptors (Lipinski definition) is 4. The zero-order valence-corrected chi connectivity index (χ0v) is 12.1. The molecule has 112 valence electrons. The predicted molar refractivity (Wildman–Crippen MR) is 74.4 cm³/mol. The number of likely N-dealkylation sites (tertiary alicyclic amines) is 1. The lowest BCUT2D eigenvalue weighted by atomic mass is 9.97. The van der Waals surface area contributed by atoms with E-state index >= 15 is 0 Å². The number of nitrogens with two attached hydrogens (primary N) is 1. The number of nitrogens with zero attached hydrogens (tertiary/aromatic N) is 2. The number of amides is 1. The average Bonchev–Trinajstić information content (AvgIpc) is 2.91. The first-order valence-corrected chi connectivity index (χ1v) is 8.45. The summed E-state index contributed by atoms with van der Waals surface area (Å²) in [6.45, 7) is 1.37. The van der Waals surface area contributed by atoms with E-state index in [0.717, 1.165) is 25.2 Å². The number of primary sulfonamides is 1. The van der Waals surface area contributed by atoms with Crippen molar-refractivity contribution in [2.24, 2.45) is 5.14 Å². The SMILES string of the molecule is NS(=O)(=O)CCCC(=O)N1CCCC(c2ncc[nH]2)C1. The molecule has 2 heterocycles. The van der Waals surface area contributed by atoms with Crippen LogP contribution in [0.1, 0.15) is 37.4 Å². The predicted octanol–water partition coefficient (Wildman–Crippen LogP) is 0.184. The Kier molecular flexibility index (Phi) is 4.77. The lowest BCUT2D eigenvalue weighted by Gasteiger charge is -2.32. The van der Waals surface area contributed by atoms with E-state index < -0.39 is 10.0 Å². The number of H-pyrrole nitrogens is 1. The molecule has 1 saturated heterocycles. The van der Waals surface area contributed by atoms with E-state index in [1.807, 2.05) is 0 Å². The highest BCUT2D eigenvalue weighted by Gasteiger charge is 2.25. The average molecular weight is 300 g/mol. The summed E-state index contributed by atoms with van der Waals surface area (Å²) in [4.78, 5) is 21.2. The van der Waals surface area contributed by atoms with Crippen molar-refractivity contribution >= 4 is 15.9 Å². The van der Waals surface area contributed by atoms with Crippen LogP contribution in [0.2, 0.25) is 0 Å². The summed E-state index contributed by atoms with van der Waals surface area (Å²) >= 11 is 0. The minimum atomic E-state index is -3.48. The number of aromatic nitrogens is 2. The molecule has 1 aromatic heterocycles. The van der Waals surface area contributed by atoms with Crippen LogP contribution in [0.5, 0.6) is 0 Å². The molecular weight excluding hydrogens is 280 g/mol. The zero-order valence-electron chi connectivity index (χ0n) is 11.3. The number of sulfonamides is 1. The number of imidazole rings is 1. The summed E-state index contributed by atoms with van der Waals surface area (Å²) in [5, 5.41) is 4.92. The van der Waals surface area contributed by atoms with E-state index in [-0.39, 0.29) is 30.4 Å². The lowest BCUT2D eigenvalue weighted by molar-refractivity contribution is -0.132. The highest BCUT2D eigenvalue weighted by atomic mass is 32.2. The van der Waals surface area contributed by atoms with Crippen LogP contribution in [0.25, 0.3) is 0 Å². The van der Waals surface area contributed by atoms with Crippen LogP contribution in [-0.4, -0.2) is 48.0 Å². The number of carbonyl (C=O) groups excluding carboxylic acids is 1. The molecule has 1 aliphatic rings. The molecule has 0 aliphatic carbocycles. The summed E-state index contributed by atoms with van der Waals surface area (Å²) in [6, 6.07) is 0. The van der Waals surface area contributed by atoms with Crippen LogP contribution in [0.3, 0.4) is 0 Å². The molecule has 2 rings (SSSR count). The van der Waals surface area contributed by atoms with Gasteiger partial charge in [0, 0.05) is 37.8 Å². The maximum Gasteiger partial charge on any atom is 0.222 e. The number of hydrogen-bond donors (Lipinski definition) is 2. The molecule has 1 aliphatic heterocycles. The smallest absolute Gasteiger partial charge is 0.222 e. The van der Waals surface area contributed by atoms with Crippen molar-refractivity contribution in [1.29, 1.82) is 0 Å². The minimum absolute atomic E-state index is 0.00935. The van der Waals surface area contributed by atoms with Gasteiger partial charge in [-0.05, 0) is 19.3 Å². The van der Waals surface area contributed by atoms with Gasteiger partial charge < -0.3 is 9.88 Å². The Morgan fingerprint density at radius 1 is 1.55 bits per heavy atom. The Morgan fingerprint density at radius 3 is 3.00 bits per heavy atom. The first-order chi connectivity index (χ1) is 9.46. The second-order valence-electron chi connectivity index (χ2n) is 5.12. The third-order valence-electron chi connectivity index (χ3n) is 3.50. The molecule has 0 radical (unpaired) electrons. The van der Waals surface area contributed by atoms with Crippen molar-refractivity contribution in [3.63, 3.8) is 0 Å². The Morgan fingerprint density at radius 2 is 2.35 bits per heavy atom. The summed E-state index contributed by atoms with van der Waals surface area (Å²) < 4.78 is 21.7. The van der Waals surface area contributed by atoms with E-state index in [1.54, 1.807) is 17.3 Å². The number of carbonyl (C=O) groups is 1. The normalized spacial score (nSPS) is 20.1. The lowest BCUT2D eigenvalue weighted by Crippen LogP contribution is -2.39. The molecule has 0 bridgehead atoms. The molecule has 8 heteroatoms. The third-order valence-corrected chi connectivity index (χ3v) is 4.36. The highest BCUT2D eigenvalue weighted by molar-refractivity contribution is 7.89. The first kappa shape index (κ1) is 15.0. The zero-order chi connectivity index (χ0) is 14.6. The number of aromatic amines is 1. The second-order valence-corrected chi connectivity index (χ2v) is 6.86. The van der Waals surface area contributed by atoms with Crippen molar-refractivity contribution in [3.05, 3.63) is 18.2 Å². The fourth-order valence-corrected chi connectivity index (χ4v) is 3.06. The third kappa shape index (κ3) is 4.31. The van der Waals surface area contributed by atoms with Gasteiger partial charge in [0.1, 0.15) is 5.82 Å². The van der Waals surface area contributed by atoms with Crippen LogP contribution < -0.4 is 5.14 Å². The van der Waals surface area contributed by atoms with Gasteiger partial charge >= 0.3 is 0 Å². The molecule has 1 amide bonds. The van der Waals surface area contributed by atoms with Crippen molar-refractivity contribution in [2.45, 2.75) is 31.6 Å². The van der Waals surface area contributed by atoms with E-state index in [1.165, 1.54) is 0 Å². The van der Waals surface area contributed by atoms with E-state index in [4.69, 9.17) is 5.14 Å². The maximum absolute atomic E-state index is 12.1. The van der Waals surface area contributed by atoms with E-state index in [9.17, 15) is 13.2 Å². The number of nitrogens with one attached hydrogen (secondary N) is 1. The monoisotopic (exact) mass is 300 g/mol. The molecule has 1 fully saturated rings. The van der Waals surface area contributed by atoms with Crippen molar-refractivity contribution in [3.8, 4) is 0 Å². The number of piperidine rings is 1. The van der Waals surface area contributed by atoms with Crippen LogP contribution >= 0.6 is 0 Å². The summed E-state index contributed by atoms with van der Waals surface area (Å²) in [6.07, 6.45) is 5.94. The van der Waals surface area contributed by atoms with Gasteiger partial charge in [0.25, 0.3) is 0 Å². The van der Waals surface area contributed by atoms with Gasteiger partial charge in [0.2, 0.25) is 15.9 Å². The van der Waals surface area contributed by atoms with Gasteiger partial charge in [-0.15, -0.1) is 0 Å². The maximum atomic E-state index is 12.1. The fraction of sp³-hybridized carbons (Fsp3) is 0.667. The van der Waals surface area contributed by atoms with Gasteiger partial charge in [-0.1, -0.05) is 0 Å². The molecule has 1 atom stereocenters. The molecule has 7 nitrogen and oxygen atoms in total.